The zero-order valence-corrected chi connectivity index (χ0v) is 7.86. The quantitative estimate of drug-likeness (QED) is 0.511. The first-order valence-corrected chi connectivity index (χ1v) is 3.71. The Balaban J connectivity index is 0. The van der Waals surface area contributed by atoms with Crippen molar-refractivity contribution < 1.29 is 0 Å². The standard InChI is InChI=1S/C6H14N2S.ClH/c1-2-3-4-5-8-6(7)9;/h2-5H2,1H3,(H3,7,8,9);1H. The fraction of sp³-hybridized carbons (Fsp3) is 0.833. The van der Waals surface area contributed by atoms with E-state index in [9.17, 15) is 0 Å². The molecule has 0 aliphatic carbocycles. The number of hydrogen-bond acceptors (Lipinski definition) is 1. The number of thiocarbonyl (C=S) groups is 1. The number of unbranched alkanes of at least 4 members (excludes halogenated alkanes) is 2. The Kier molecular flexibility index (Phi) is 11.3. The van der Waals surface area contributed by atoms with Crippen LogP contribution in [-0.2, 0) is 0 Å². The lowest BCUT2D eigenvalue weighted by atomic mass is 10.2. The molecule has 0 atom stereocenters. The molecule has 0 radical (unpaired) electrons. The first-order chi connectivity index (χ1) is 4.27. The largest absolute Gasteiger partial charge is 0.376 e. The van der Waals surface area contributed by atoms with Gasteiger partial charge in [0.15, 0.2) is 5.11 Å². The van der Waals surface area contributed by atoms with Crippen LogP contribution in [0.15, 0.2) is 0 Å². The second-order valence-corrected chi connectivity index (χ2v) is 2.44. The van der Waals surface area contributed by atoms with Crippen LogP contribution in [0.3, 0.4) is 0 Å². The smallest absolute Gasteiger partial charge is 0.163 e. The third-order valence-electron chi connectivity index (χ3n) is 1.08. The number of nitrogens with two attached hydrogens (primary N) is 1. The Bertz CT molecular complexity index is 87.8. The fourth-order valence-corrected chi connectivity index (χ4v) is 0.689. The van der Waals surface area contributed by atoms with Crippen LogP contribution in [0.2, 0.25) is 0 Å². The lowest BCUT2D eigenvalue weighted by Crippen LogP contribution is -2.29. The molecular formula is C6H15ClN2S. The molecule has 0 fully saturated rings. The topological polar surface area (TPSA) is 38.0 Å². The summed E-state index contributed by atoms with van der Waals surface area (Å²) < 4.78 is 0. The van der Waals surface area contributed by atoms with Crippen molar-refractivity contribution in [2.45, 2.75) is 26.2 Å². The van der Waals surface area contributed by atoms with Crippen molar-refractivity contribution in [1.82, 2.24) is 5.32 Å². The van der Waals surface area contributed by atoms with Crippen molar-refractivity contribution in [1.29, 1.82) is 0 Å². The van der Waals surface area contributed by atoms with E-state index in [1.165, 1.54) is 12.8 Å². The van der Waals surface area contributed by atoms with E-state index in [2.05, 4.69) is 24.5 Å². The van der Waals surface area contributed by atoms with E-state index >= 15 is 0 Å². The van der Waals surface area contributed by atoms with Crippen LogP contribution >= 0.6 is 24.6 Å². The third kappa shape index (κ3) is 10.9. The molecular weight excluding hydrogens is 168 g/mol. The summed E-state index contributed by atoms with van der Waals surface area (Å²) in [5.74, 6) is 0. The molecule has 0 amide bonds. The Morgan fingerprint density at radius 3 is 2.50 bits per heavy atom. The predicted molar refractivity (Wildman–Crippen MR) is 51.6 cm³/mol. The number of nitrogens with one attached hydrogen (secondary N) is 1. The highest BCUT2D eigenvalue weighted by Crippen LogP contribution is 1.90. The van der Waals surface area contributed by atoms with Crippen LogP contribution in [0.25, 0.3) is 0 Å². The monoisotopic (exact) mass is 182 g/mol. The zero-order valence-electron chi connectivity index (χ0n) is 6.22. The van der Waals surface area contributed by atoms with E-state index in [4.69, 9.17) is 5.73 Å². The molecule has 62 valence electrons. The second kappa shape index (κ2) is 8.98. The van der Waals surface area contributed by atoms with Crippen molar-refractivity contribution >= 4 is 29.7 Å². The van der Waals surface area contributed by atoms with Gasteiger partial charge in [-0.1, -0.05) is 19.8 Å². The Hall–Kier alpha value is -0.0200. The molecule has 0 aliphatic rings. The van der Waals surface area contributed by atoms with E-state index in [1.54, 1.807) is 0 Å². The highest BCUT2D eigenvalue weighted by molar-refractivity contribution is 7.80. The van der Waals surface area contributed by atoms with Crippen LogP contribution in [0, 0.1) is 0 Å². The summed E-state index contributed by atoms with van der Waals surface area (Å²) >= 11 is 4.61. The molecule has 0 rings (SSSR count). The molecule has 0 aromatic heterocycles. The lowest BCUT2D eigenvalue weighted by molar-refractivity contribution is 0.696. The molecule has 0 bridgehead atoms. The van der Waals surface area contributed by atoms with Gasteiger partial charge in [0.2, 0.25) is 0 Å². The third-order valence-corrected chi connectivity index (χ3v) is 1.22. The van der Waals surface area contributed by atoms with Crippen LogP contribution in [0.4, 0.5) is 0 Å². The first kappa shape index (κ1) is 12.6. The summed E-state index contributed by atoms with van der Waals surface area (Å²) in [5, 5.41) is 3.30. The molecule has 3 N–H and O–H groups in total. The Morgan fingerprint density at radius 2 is 2.10 bits per heavy atom. The Labute approximate surface area is 74.0 Å². The highest BCUT2D eigenvalue weighted by atomic mass is 35.5. The summed E-state index contributed by atoms with van der Waals surface area (Å²) in [4.78, 5) is 0. The molecule has 0 unspecified atom stereocenters. The number of hydrogen-bond donors (Lipinski definition) is 2. The minimum atomic E-state index is 0. The molecule has 0 aromatic carbocycles. The fourth-order valence-electron chi connectivity index (χ4n) is 0.587. The SMILES string of the molecule is CCCCCNC(N)=S.Cl. The van der Waals surface area contributed by atoms with E-state index in [-0.39, 0.29) is 12.4 Å². The zero-order chi connectivity index (χ0) is 7.11. The molecule has 10 heavy (non-hydrogen) atoms. The van der Waals surface area contributed by atoms with Gasteiger partial charge in [-0.3, -0.25) is 0 Å². The van der Waals surface area contributed by atoms with Crippen LogP contribution < -0.4 is 11.1 Å². The Morgan fingerprint density at radius 1 is 1.50 bits per heavy atom. The minimum Gasteiger partial charge on any atom is -0.376 e. The van der Waals surface area contributed by atoms with Crippen molar-refractivity contribution in [3.8, 4) is 0 Å². The molecule has 2 nitrogen and oxygen atoms in total. The molecule has 0 aliphatic heterocycles. The van der Waals surface area contributed by atoms with Crippen molar-refractivity contribution in [3.63, 3.8) is 0 Å². The second-order valence-electron chi connectivity index (χ2n) is 2.00. The van der Waals surface area contributed by atoms with Gasteiger partial charge in [0.1, 0.15) is 0 Å². The van der Waals surface area contributed by atoms with Gasteiger partial charge < -0.3 is 11.1 Å². The summed E-state index contributed by atoms with van der Waals surface area (Å²) in [7, 11) is 0. The summed E-state index contributed by atoms with van der Waals surface area (Å²) in [5.41, 5.74) is 5.20. The van der Waals surface area contributed by atoms with Gasteiger partial charge in [0.25, 0.3) is 0 Å². The minimum absolute atomic E-state index is 0. The summed E-state index contributed by atoms with van der Waals surface area (Å²) in [6.07, 6.45) is 3.64. The van der Waals surface area contributed by atoms with E-state index in [0.29, 0.717) is 5.11 Å². The number of rotatable bonds is 4. The van der Waals surface area contributed by atoms with Gasteiger partial charge >= 0.3 is 0 Å². The maximum Gasteiger partial charge on any atom is 0.163 e. The lowest BCUT2D eigenvalue weighted by Gasteiger charge is -2.00. The van der Waals surface area contributed by atoms with Gasteiger partial charge in [0, 0.05) is 6.54 Å². The van der Waals surface area contributed by atoms with Crippen LogP contribution in [0.1, 0.15) is 26.2 Å². The van der Waals surface area contributed by atoms with Gasteiger partial charge in [-0.25, -0.2) is 0 Å². The summed E-state index contributed by atoms with van der Waals surface area (Å²) in [6.45, 7) is 3.09. The van der Waals surface area contributed by atoms with Crippen LogP contribution in [-0.4, -0.2) is 11.7 Å². The van der Waals surface area contributed by atoms with E-state index < -0.39 is 0 Å². The summed E-state index contributed by atoms with van der Waals surface area (Å²) in [6, 6.07) is 0. The van der Waals surface area contributed by atoms with Crippen LogP contribution in [0.5, 0.6) is 0 Å². The van der Waals surface area contributed by atoms with Crippen molar-refractivity contribution in [2.75, 3.05) is 6.54 Å². The maximum atomic E-state index is 5.20. The molecule has 0 spiro atoms. The average molecular weight is 183 g/mol. The van der Waals surface area contributed by atoms with Crippen molar-refractivity contribution in [3.05, 3.63) is 0 Å². The average Bonchev–Trinajstić information content (AvgIpc) is 1.80. The molecule has 0 saturated carbocycles. The number of halogens is 1. The molecule has 0 saturated heterocycles. The molecule has 4 heteroatoms. The van der Waals surface area contributed by atoms with Gasteiger partial charge in [-0.2, -0.15) is 0 Å². The highest BCUT2D eigenvalue weighted by Gasteiger charge is 1.85. The molecule has 0 aromatic rings. The van der Waals surface area contributed by atoms with Gasteiger partial charge in [-0.05, 0) is 18.6 Å². The van der Waals surface area contributed by atoms with E-state index in [1.807, 2.05) is 0 Å². The normalized spacial score (nSPS) is 8.10. The van der Waals surface area contributed by atoms with Gasteiger partial charge in [-0.15, -0.1) is 12.4 Å². The first-order valence-electron chi connectivity index (χ1n) is 3.30. The molecule has 0 heterocycles. The van der Waals surface area contributed by atoms with Crippen molar-refractivity contribution in [2.24, 2.45) is 5.73 Å². The maximum absolute atomic E-state index is 5.20. The predicted octanol–water partition coefficient (Wildman–Crippen LogP) is 1.43. The van der Waals surface area contributed by atoms with Gasteiger partial charge in [0.05, 0.1) is 0 Å². The van der Waals surface area contributed by atoms with E-state index in [0.717, 1.165) is 13.0 Å².